The van der Waals surface area contributed by atoms with Crippen molar-refractivity contribution in [1.29, 1.82) is 0 Å². The first kappa shape index (κ1) is 9.52. The fraction of sp³-hybridized carbons (Fsp3) is 0.455. The van der Waals surface area contributed by atoms with E-state index in [2.05, 4.69) is 44.3 Å². The summed E-state index contributed by atoms with van der Waals surface area (Å²) in [7, 11) is -0.119. The Morgan fingerprint density at radius 2 is 1.67 bits per heavy atom. The highest BCUT2D eigenvalue weighted by atomic mass is 28.3. The molecule has 0 spiro atoms. The van der Waals surface area contributed by atoms with Crippen LogP contribution in [0.5, 0.6) is 0 Å². The van der Waals surface area contributed by atoms with Gasteiger partial charge in [-0.25, -0.2) is 0 Å². The molecule has 0 saturated heterocycles. The van der Waals surface area contributed by atoms with Crippen LogP contribution >= 0.6 is 0 Å². The van der Waals surface area contributed by atoms with Gasteiger partial charge in [-0.05, 0) is 17.5 Å². The molecule has 0 N–H and O–H groups in total. The third-order valence-electron chi connectivity index (χ3n) is 2.04. The summed E-state index contributed by atoms with van der Waals surface area (Å²) >= 11 is 0. The lowest BCUT2D eigenvalue weighted by Crippen LogP contribution is -2.07. The van der Waals surface area contributed by atoms with Crippen LogP contribution in [0.2, 0.25) is 13.1 Å². The van der Waals surface area contributed by atoms with Crippen molar-refractivity contribution in [2.45, 2.75) is 32.5 Å². The van der Waals surface area contributed by atoms with Crippen LogP contribution in [0.4, 0.5) is 0 Å². The maximum absolute atomic E-state index is 2.37. The summed E-state index contributed by atoms with van der Waals surface area (Å²) in [5.41, 5.74) is 3.10. The van der Waals surface area contributed by atoms with E-state index in [0.29, 0.717) is 0 Å². The molecule has 0 fully saturated rings. The van der Waals surface area contributed by atoms with Gasteiger partial charge in [0, 0.05) is 0 Å². The van der Waals surface area contributed by atoms with E-state index in [4.69, 9.17) is 0 Å². The molecule has 0 radical (unpaired) electrons. The molecule has 0 aromatic heterocycles. The summed E-state index contributed by atoms with van der Waals surface area (Å²) in [6.07, 6.45) is 1.17. The third-order valence-corrected chi connectivity index (χ3v) is 3.13. The predicted molar refractivity (Wildman–Crippen MR) is 57.0 cm³/mol. The second-order valence-electron chi connectivity index (χ2n) is 3.51. The Morgan fingerprint density at radius 1 is 1.08 bits per heavy atom. The molecule has 12 heavy (non-hydrogen) atoms. The lowest BCUT2D eigenvalue weighted by molar-refractivity contribution is 1.09. The average molecular weight is 177 g/mol. The summed E-state index contributed by atoms with van der Waals surface area (Å²) in [5, 5.41) is 0. The Bertz CT molecular complexity index is 241. The van der Waals surface area contributed by atoms with Crippen LogP contribution in [0, 0.1) is 0 Å². The van der Waals surface area contributed by atoms with Gasteiger partial charge in [0.25, 0.3) is 0 Å². The molecule has 1 aromatic carbocycles. The van der Waals surface area contributed by atoms with Crippen LogP contribution in [0.3, 0.4) is 0 Å². The SMILES string of the molecule is CCc1ccccc1C[Si+](C)C. The highest BCUT2D eigenvalue weighted by Gasteiger charge is 2.13. The Morgan fingerprint density at radius 3 is 2.17 bits per heavy atom. The molecular weight excluding hydrogens is 160 g/mol. The van der Waals surface area contributed by atoms with Crippen LogP contribution in [0.25, 0.3) is 0 Å². The lowest BCUT2D eigenvalue weighted by atomic mass is 10.1. The van der Waals surface area contributed by atoms with Crippen LogP contribution in [0.15, 0.2) is 24.3 Å². The smallest absolute Gasteiger partial charge is 0.0620 e. The minimum Gasteiger partial charge on any atom is -0.0620 e. The summed E-state index contributed by atoms with van der Waals surface area (Å²) in [4.78, 5) is 0. The molecule has 0 unspecified atom stereocenters. The van der Waals surface area contributed by atoms with E-state index >= 15 is 0 Å². The second-order valence-corrected chi connectivity index (χ2v) is 6.27. The predicted octanol–water partition coefficient (Wildman–Crippen LogP) is 3.09. The second kappa shape index (κ2) is 4.46. The summed E-state index contributed by atoms with van der Waals surface area (Å²) in [6.45, 7) is 6.98. The molecule has 1 aromatic rings. The summed E-state index contributed by atoms with van der Waals surface area (Å²) in [5.74, 6) is 0. The normalized spacial score (nSPS) is 9.92. The Kier molecular flexibility index (Phi) is 3.54. The van der Waals surface area contributed by atoms with E-state index in [1.807, 2.05) is 0 Å². The lowest BCUT2D eigenvalue weighted by Gasteiger charge is -2.02. The number of benzene rings is 1. The van der Waals surface area contributed by atoms with Gasteiger partial charge in [0.15, 0.2) is 0 Å². The van der Waals surface area contributed by atoms with Crippen molar-refractivity contribution in [3.63, 3.8) is 0 Å². The zero-order valence-electron chi connectivity index (χ0n) is 8.22. The fourth-order valence-electron chi connectivity index (χ4n) is 1.46. The monoisotopic (exact) mass is 177 g/mol. The molecule has 64 valence electrons. The first-order valence-electron chi connectivity index (χ1n) is 4.60. The first-order chi connectivity index (χ1) is 5.74. The van der Waals surface area contributed by atoms with Crippen molar-refractivity contribution in [2.75, 3.05) is 0 Å². The zero-order valence-corrected chi connectivity index (χ0v) is 9.22. The van der Waals surface area contributed by atoms with Crippen molar-refractivity contribution in [3.05, 3.63) is 35.4 Å². The first-order valence-corrected chi connectivity index (χ1v) is 7.30. The fourth-order valence-corrected chi connectivity index (χ4v) is 2.56. The number of hydrogen-bond acceptors (Lipinski definition) is 0. The number of rotatable bonds is 3. The van der Waals surface area contributed by atoms with Crippen molar-refractivity contribution in [3.8, 4) is 0 Å². The molecule has 0 aliphatic rings. The highest BCUT2D eigenvalue weighted by molar-refractivity contribution is 6.55. The Labute approximate surface area is 77.2 Å². The molecule has 0 saturated carbocycles. The van der Waals surface area contributed by atoms with Crippen molar-refractivity contribution in [1.82, 2.24) is 0 Å². The van der Waals surface area contributed by atoms with Crippen LogP contribution in [-0.2, 0) is 12.5 Å². The van der Waals surface area contributed by atoms with E-state index in [9.17, 15) is 0 Å². The van der Waals surface area contributed by atoms with E-state index in [-0.39, 0.29) is 8.80 Å². The molecule has 0 aliphatic heterocycles. The maximum Gasteiger partial charge on any atom is 0.312 e. The van der Waals surface area contributed by atoms with Crippen molar-refractivity contribution >= 4 is 8.80 Å². The van der Waals surface area contributed by atoms with Gasteiger partial charge in [0.05, 0.1) is 19.1 Å². The average Bonchev–Trinajstić information content (AvgIpc) is 2.04. The largest absolute Gasteiger partial charge is 0.312 e. The van der Waals surface area contributed by atoms with Gasteiger partial charge in [0.2, 0.25) is 0 Å². The molecule has 0 atom stereocenters. The minimum atomic E-state index is -0.119. The maximum atomic E-state index is 2.37. The Balaban J connectivity index is 2.82. The number of hydrogen-bond donors (Lipinski definition) is 0. The van der Waals surface area contributed by atoms with Gasteiger partial charge in [0.1, 0.15) is 0 Å². The van der Waals surface area contributed by atoms with Crippen LogP contribution in [-0.4, -0.2) is 8.80 Å². The standard InChI is InChI=1S/C11H17Si/c1-4-10-7-5-6-8-11(10)9-12(2)3/h5-8H,4,9H2,1-3H3/q+1. The van der Waals surface area contributed by atoms with Gasteiger partial charge in [-0.1, -0.05) is 31.2 Å². The van der Waals surface area contributed by atoms with Gasteiger partial charge < -0.3 is 0 Å². The van der Waals surface area contributed by atoms with Gasteiger partial charge in [-0.15, -0.1) is 0 Å². The van der Waals surface area contributed by atoms with Crippen LogP contribution < -0.4 is 0 Å². The molecule has 1 heteroatoms. The van der Waals surface area contributed by atoms with E-state index < -0.39 is 0 Å². The Hall–Kier alpha value is -0.563. The van der Waals surface area contributed by atoms with Gasteiger partial charge in [-0.3, -0.25) is 0 Å². The molecule has 0 heterocycles. The van der Waals surface area contributed by atoms with E-state index in [1.165, 1.54) is 18.0 Å². The van der Waals surface area contributed by atoms with E-state index in [1.54, 1.807) is 5.56 Å². The molecule has 0 bridgehead atoms. The zero-order chi connectivity index (χ0) is 8.97. The van der Waals surface area contributed by atoms with Crippen molar-refractivity contribution in [2.24, 2.45) is 0 Å². The molecular formula is C11H17Si+. The molecule has 0 nitrogen and oxygen atoms in total. The van der Waals surface area contributed by atoms with Gasteiger partial charge in [-0.2, -0.15) is 0 Å². The summed E-state index contributed by atoms with van der Waals surface area (Å²) < 4.78 is 0. The van der Waals surface area contributed by atoms with Crippen molar-refractivity contribution < 1.29 is 0 Å². The third kappa shape index (κ3) is 2.49. The molecule has 1 rings (SSSR count). The summed E-state index contributed by atoms with van der Waals surface area (Å²) in [6, 6.07) is 10.1. The quantitative estimate of drug-likeness (QED) is 0.622. The van der Waals surface area contributed by atoms with Crippen LogP contribution in [0.1, 0.15) is 18.1 Å². The topological polar surface area (TPSA) is 0 Å². The molecule has 0 aliphatic carbocycles. The minimum absolute atomic E-state index is 0.119. The number of aryl methyl sites for hydroxylation is 1. The van der Waals surface area contributed by atoms with Gasteiger partial charge >= 0.3 is 8.80 Å². The highest BCUT2D eigenvalue weighted by Crippen LogP contribution is 2.11. The molecule has 0 amide bonds. The van der Waals surface area contributed by atoms with E-state index in [0.717, 1.165) is 0 Å².